The van der Waals surface area contributed by atoms with Gasteiger partial charge < -0.3 is 4.74 Å². The average molecular weight is 212 g/mol. The van der Waals surface area contributed by atoms with E-state index in [9.17, 15) is 13.6 Å². The van der Waals surface area contributed by atoms with E-state index in [1.807, 2.05) is 0 Å². The van der Waals surface area contributed by atoms with E-state index in [-0.39, 0.29) is 5.56 Å². The van der Waals surface area contributed by atoms with E-state index in [1.165, 1.54) is 26.2 Å². The van der Waals surface area contributed by atoms with Gasteiger partial charge in [0.05, 0.1) is 7.11 Å². The molecule has 0 atom stereocenters. The van der Waals surface area contributed by atoms with Gasteiger partial charge in [-0.05, 0) is 18.6 Å². The number of carbonyl (C=O) groups excluding carboxylic acids is 1. The monoisotopic (exact) mass is 212 g/mol. The largest absolute Gasteiger partial charge is 0.466 e. The minimum Gasteiger partial charge on any atom is -0.466 e. The van der Waals surface area contributed by atoms with Gasteiger partial charge in [0.15, 0.2) is 11.6 Å². The van der Waals surface area contributed by atoms with Crippen molar-refractivity contribution in [3.05, 3.63) is 41.5 Å². The third-order valence-electron chi connectivity index (χ3n) is 1.91. The van der Waals surface area contributed by atoms with E-state index >= 15 is 0 Å². The van der Waals surface area contributed by atoms with Crippen LogP contribution >= 0.6 is 0 Å². The van der Waals surface area contributed by atoms with E-state index in [0.717, 1.165) is 12.1 Å². The average Bonchev–Trinajstić information content (AvgIpc) is 2.21. The minimum absolute atomic E-state index is 0.0559. The highest BCUT2D eigenvalue weighted by Crippen LogP contribution is 2.19. The molecule has 0 unspecified atom stereocenters. The Morgan fingerprint density at radius 3 is 2.67 bits per heavy atom. The molecule has 1 rings (SSSR count). The number of hydrogen-bond acceptors (Lipinski definition) is 2. The molecule has 0 N–H and O–H groups in total. The van der Waals surface area contributed by atoms with Crippen LogP contribution in [0.25, 0.3) is 5.57 Å². The molecule has 1 aromatic carbocycles. The van der Waals surface area contributed by atoms with Gasteiger partial charge in [-0.25, -0.2) is 13.6 Å². The molecule has 0 heterocycles. The van der Waals surface area contributed by atoms with Gasteiger partial charge in [0.1, 0.15) is 0 Å². The van der Waals surface area contributed by atoms with Gasteiger partial charge in [0.2, 0.25) is 0 Å². The van der Waals surface area contributed by atoms with Crippen LogP contribution in [0.4, 0.5) is 8.78 Å². The Bertz CT molecular complexity index is 411. The first kappa shape index (κ1) is 11.4. The molecule has 0 aromatic heterocycles. The summed E-state index contributed by atoms with van der Waals surface area (Å²) in [7, 11) is 1.22. The lowest BCUT2D eigenvalue weighted by molar-refractivity contribution is -0.134. The number of ether oxygens (including phenoxy) is 1. The van der Waals surface area contributed by atoms with Crippen molar-refractivity contribution in [3.8, 4) is 0 Å². The summed E-state index contributed by atoms with van der Waals surface area (Å²) >= 11 is 0. The van der Waals surface area contributed by atoms with E-state index in [1.54, 1.807) is 0 Å². The first-order chi connectivity index (χ1) is 7.06. The highest BCUT2D eigenvalue weighted by atomic mass is 19.2. The Labute approximate surface area is 86.2 Å². The lowest BCUT2D eigenvalue weighted by Crippen LogP contribution is -1.98. The molecule has 0 radical (unpaired) electrons. The Hall–Kier alpha value is -1.71. The SMILES string of the molecule is COC(=O)/C=C(/C)c1cccc(F)c1F. The zero-order chi connectivity index (χ0) is 11.4. The second-order valence-corrected chi connectivity index (χ2v) is 2.95. The molecule has 0 amide bonds. The van der Waals surface area contributed by atoms with Crippen LogP contribution < -0.4 is 0 Å². The first-order valence-electron chi connectivity index (χ1n) is 4.27. The van der Waals surface area contributed by atoms with Crippen LogP contribution in [0.3, 0.4) is 0 Å². The molecule has 0 aliphatic carbocycles. The summed E-state index contributed by atoms with van der Waals surface area (Å²) < 4.78 is 30.5. The predicted octanol–water partition coefficient (Wildman–Crippen LogP) is 2.54. The second-order valence-electron chi connectivity index (χ2n) is 2.95. The Kier molecular flexibility index (Phi) is 3.55. The van der Waals surface area contributed by atoms with Gasteiger partial charge in [-0.3, -0.25) is 0 Å². The van der Waals surface area contributed by atoms with E-state index in [4.69, 9.17) is 0 Å². The fourth-order valence-electron chi connectivity index (χ4n) is 1.12. The van der Waals surface area contributed by atoms with Crippen molar-refractivity contribution in [2.45, 2.75) is 6.92 Å². The number of benzene rings is 1. The Morgan fingerprint density at radius 2 is 2.07 bits per heavy atom. The maximum absolute atomic E-state index is 13.2. The van der Waals surface area contributed by atoms with Crippen LogP contribution in [-0.4, -0.2) is 13.1 Å². The maximum atomic E-state index is 13.2. The number of methoxy groups -OCH3 is 1. The molecule has 80 valence electrons. The van der Waals surface area contributed by atoms with Crippen LogP contribution in [0.1, 0.15) is 12.5 Å². The number of halogens is 2. The highest BCUT2D eigenvalue weighted by molar-refractivity contribution is 5.90. The molecule has 2 nitrogen and oxygen atoms in total. The lowest BCUT2D eigenvalue weighted by Gasteiger charge is -2.03. The molecule has 0 saturated carbocycles. The molecular weight excluding hydrogens is 202 g/mol. The summed E-state index contributed by atoms with van der Waals surface area (Å²) in [6.07, 6.45) is 1.11. The van der Waals surface area contributed by atoms with Gasteiger partial charge >= 0.3 is 5.97 Å². The molecule has 15 heavy (non-hydrogen) atoms. The second kappa shape index (κ2) is 4.68. The summed E-state index contributed by atoms with van der Waals surface area (Å²) in [4.78, 5) is 10.9. The highest BCUT2D eigenvalue weighted by Gasteiger charge is 2.09. The molecule has 0 saturated heterocycles. The Morgan fingerprint density at radius 1 is 1.40 bits per heavy atom. The maximum Gasteiger partial charge on any atom is 0.330 e. The topological polar surface area (TPSA) is 26.3 Å². The fourth-order valence-corrected chi connectivity index (χ4v) is 1.12. The summed E-state index contributed by atoms with van der Waals surface area (Å²) in [5.41, 5.74) is 0.374. The summed E-state index contributed by atoms with van der Waals surface area (Å²) in [5, 5.41) is 0. The summed E-state index contributed by atoms with van der Waals surface area (Å²) in [6, 6.07) is 3.79. The molecule has 0 spiro atoms. The van der Waals surface area contributed by atoms with Gasteiger partial charge in [0, 0.05) is 11.6 Å². The molecule has 0 bridgehead atoms. The van der Waals surface area contributed by atoms with E-state index in [0.29, 0.717) is 5.57 Å². The number of carbonyl (C=O) groups is 1. The zero-order valence-electron chi connectivity index (χ0n) is 8.38. The van der Waals surface area contributed by atoms with Crippen LogP contribution in [-0.2, 0) is 9.53 Å². The van der Waals surface area contributed by atoms with Crippen molar-refractivity contribution in [2.75, 3.05) is 7.11 Å². The van der Waals surface area contributed by atoms with E-state index < -0.39 is 17.6 Å². The summed E-state index contributed by atoms with van der Waals surface area (Å²) in [5.74, 6) is -2.50. The van der Waals surface area contributed by atoms with Crippen molar-refractivity contribution in [1.29, 1.82) is 0 Å². The third kappa shape index (κ3) is 2.62. The molecule has 0 aliphatic heterocycles. The number of allylic oxidation sites excluding steroid dienone is 1. The first-order valence-corrected chi connectivity index (χ1v) is 4.27. The quantitative estimate of drug-likeness (QED) is 0.556. The lowest BCUT2D eigenvalue weighted by atomic mass is 10.1. The number of hydrogen-bond donors (Lipinski definition) is 0. The van der Waals surface area contributed by atoms with E-state index in [2.05, 4.69) is 4.74 Å². The number of rotatable bonds is 2. The molecule has 4 heteroatoms. The standard InChI is InChI=1S/C11H10F2O2/c1-7(6-10(14)15-2)8-4-3-5-9(12)11(8)13/h3-6H,1-2H3/b7-6-. The molecule has 0 aliphatic rings. The normalized spacial score (nSPS) is 11.3. The predicted molar refractivity (Wildman–Crippen MR) is 52.0 cm³/mol. The van der Waals surface area contributed by atoms with Crippen molar-refractivity contribution in [2.24, 2.45) is 0 Å². The minimum atomic E-state index is -0.963. The van der Waals surface area contributed by atoms with Gasteiger partial charge in [-0.2, -0.15) is 0 Å². The van der Waals surface area contributed by atoms with Crippen molar-refractivity contribution < 1.29 is 18.3 Å². The van der Waals surface area contributed by atoms with Crippen molar-refractivity contribution in [3.63, 3.8) is 0 Å². The van der Waals surface area contributed by atoms with Crippen LogP contribution in [0, 0.1) is 11.6 Å². The van der Waals surface area contributed by atoms with Gasteiger partial charge in [-0.1, -0.05) is 12.1 Å². The molecule has 1 aromatic rings. The van der Waals surface area contributed by atoms with Crippen LogP contribution in [0.15, 0.2) is 24.3 Å². The van der Waals surface area contributed by atoms with Crippen LogP contribution in [0.5, 0.6) is 0 Å². The fraction of sp³-hybridized carbons (Fsp3) is 0.182. The summed E-state index contributed by atoms with van der Waals surface area (Å²) in [6.45, 7) is 1.51. The smallest absolute Gasteiger partial charge is 0.330 e. The Balaban J connectivity index is 3.11. The van der Waals surface area contributed by atoms with Crippen LogP contribution in [0.2, 0.25) is 0 Å². The van der Waals surface area contributed by atoms with Gasteiger partial charge in [0.25, 0.3) is 0 Å². The van der Waals surface area contributed by atoms with Crippen molar-refractivity contribution in [1.82, 2.24) is 0 Å². The molecular formula is C11H10F2O2. The zero-order valence-corrected chi connectivity index (χ0v) is 8.38. The van der Waals surface area contributed by atoms with Gasteiger partial charge in [-0.15, -0.1) is 0 Å². The number of esters is 1. The molecule has 0 fully saturated rings. The third-order valence-corrected chi connectivity index (χ3v) is 1.91. The van der Waals surface area contributed by atoms with Crippen molar-refractivity contribution >= 4 is 11.5 Å².